The molecule has 21 heavy (non-hydrogen) atoms. The van der Waals surface area contributed by atoms with E-state index >= 15 is 0 Å². The molecule has 1 aromatic carbocycles. The highest BCUT2D eigenvalue weighted by molar-refractivity contribution is 5.67. The van der Waals surface area contributed by atoms with Crippen molar-refractivity contribution in [2.24, 2.45) is 5.73 Å². The first-order valence-electron chi connectivity index (χ1n) is 7.31. The number of carbonyl (C=O) groups excluding carboxylic acids is 1. The van der Waals surface area contributed by atoms with Crippen LogP contribution >= 0.6 is 0 Å². The molecule has 0 aromatic heterocycles. The molecule has 0 spiro atoms. The van der Waals surface area contributed by atoms with Crippen LogP contribution in [0.2, 0.25) is 0 Å². The van der Waals surface area contributed by atoms with Gasteiger partial charge in [0.25, 0.3) is 0 Å². The van der Waals surface area contributed by atoms with Crippen LogP contribution in [0.5, 0.6) is 5.75 Å². The molecule has 1 heterocycles. The lowest BCUT2D eigenvalue weighted by atomic mass is 10.0. The van der Waals surface area contributed by atoms with E-state index in [1.54, 1.807) is 0 Å². The number of nitrogens with one attached hydrogen (secondary N) is 1. The molecule has 0 saturated heterocycles. The molecule has 0 fully saturated rings. The summed E-state index contributed by atoms with van der Waals surface area (Å²) in [5.41, 5.74) is 7.92. The van der Waals surface area contributed by atoms with Crippen molar-refractivity contribution in [2.45, 2.75) is 45.3 Å². The van der Waals surface area contributed by atoms with Crippen LogP contribution in [0, 0.1) is 0 Å². The van der Waals surface area contributed by atoms with Crippen LogP contribution in [0.1, 0.15) is 31.9 Å². The van der Waals surface area contributed by atoms with Crippen LogP contribution in [-0.2, 0) is 17.6 Å². The summed E-state index contributed by atoms with van der Waals surface area (Å²) in [4.78, 5) is 11.6. The highest BCUT2D eigenvalue weighted by Gasteiger charge is 2.19. The van der Waals surface area contributed by atoms with Crippen molar-refractivity contribution in [1.29, 1.82) is 0 Å². The highest BCUT2D eigenvalue weighted by Crippen LogP contribution is 2.29. The van der Waals surface area contributed by atoms with Gasteiger partial charge in [-0.25, -0.2) is 4.79 Å². The van der Waals surface area contributed by atoms with Gasteiger partial charge >= 0.3 is 6.09 Å². The number of amides is 1. The minimum absolute atomic E-state index is 0.173. The molecule has 1 aromatic rings. The van der Waals surface area contributed by atoms with Gasteiger partial charge in [0.15, 0.2) is 0 Å². The zero-order chi connectivity index (χ0) is 15.5. The minimum Gasteiger partial charge on any atom is -0.493 e. The summed E-state index contributed by atoms with van der Waals surface area (Å²) >= 11 is 0. The number of hydrogen-bond acceptors (Lipinski definition) is 4. The molecule has 116 valence electrons. The van der Waals surface area contributed by atoms with E-state index in [1.165, 1.54) is 5.56 Å². The second-order valence-corrected chi connectivity index (χ2v) is 6.35. The Hall–Kier alpha value is -1.75. The van der Waals surface area contributed by atoms with Crippen molar-refractivity contribution in [3.63, 3.8) is 0 Å². The fourth-order valence-electron chi connectivity index (χ4n) is 2.33. The molecule has 1 atom stereocenters. The second kappa shape index (κ2) is 6.35. The largest absolute Gasteiger partial charge is 0.493 e. The number of fused-ring (bicyclic) bond motifs is 1. The third-order valence-electron chi connectivity index (χ3n) is 3.19. The lowest BCUT2D eigenvalue weighted by molar-refractivity contribution is 0.0524. The molecule has 1 aliphatic heterocycles. The van der Waals surface area contributed by atoms with Gasteiger partial charge in [-0.15, -0.1) is 0 Å². The summed E-state index contributed by atoms with van der Waals surface area (Å²) in [7, 11) is 0. The van der Waals surface area contributed by atoms with Crippen LogP contribution in [-0.4, -0.2) is 30.9 Å². The first-order chi connectivity index (χ1) is 9.85. The van der Waals surface area contributed by atoms with Crippen LogP contribution < -0.4 is 15.8 Å². The van der Waals surface area contributed by atoms with Crippen molar-refractivity contribution in [2.75, 3.05) is 13.2 Å². The second-order valence-electron chi connectivity index (χ2n) is 6.35. The highest BCUT2D eigenvalue weighted by atomic mass is 16.6. The maximum atomic E-state index is 11.6. The molecule has 2 rings (SSSR count). The summed E-state index contributed by atoms with van der Waals surface area (Å²) in [6.45, 7) is 6.60. The Morgan fingerprint density at radius 3 is 2.95 bits per heavy atom. The van der Waals surface area contributed by atoms with Gasteiger partial charge in [-0.1, -0.05) is 18.2 Å². The standard InChI is InChI=1S/C16H24N2O3/c1-16(2,3)21-15(19)18-10-13(17)9-12-6-4-5-11-7-8-20-14(11)12/h4-6,13H,7-10,17H2,1-3H3,(H,18,19). The van der Waals surface area contributed by atoms with E-state index in [9.17, 15) is 4.79 Å². The Labute approximate surface area is 125 Å². The SMILES string of the molecule is CC(C)(C)OC(=O)NCC(N)Cc1cccc2c1OCC2. The number of hydrogen-bond donors (Lipinski definition) is 2. The van der Waals surface area contributed by atoms with E-state index in [0.29, 0.717) is 13.0 Å². The predicted molar refractivity (Wildman–Crippen MR) is 81.6 cm³/mol. The molecule has 1 amide bonds. The van der Waals surface area contributed by atoms with Crippen molar-refractivity contribution in [3.05, 3.63) is 29.3 Å². The number of alkyl carbamates (subject to hydrolysis) is 1. The third-order valence-corrected chi connectivity index (χ3v) is 3.19. The normalized spacial score (nSPS) is 15.0. The maximum Gasteiger partial charge on any atom is 0.407 e. The van der Waals surface area contributed by atoms with E-state index in [1.807, 2.05) is 32.9 Å². The molecule has 0 saturated carbocycles. The van der Waals surface area contributed by atoms with Crippen LogP contribution in [0.4, 0.5) is 4.79 Å². The first kappa shape index (κ1) is 15.6. The summed E-state index contributed by atoms with van der Waals surface area (Å²) in [5, 5.41) is 2.70. The number of rotatable bonds is 4. The number of para-hydroxylation sites is 1. The number of carbonyl (C=O) groups is 1. The zero-order valence-electron chi connectivity index (χ0n) is 12.9. The van der Waals surface area contributed by atoms with Crippen LogP contribution in [0.25, 0.3) is 0 Å². The lowest BCUT2D eigenvalue weighted by Gasteiger charge is -2.21. The molecular weight excluding hydrogens is 268 g/mol. The maximum absolute atomic E-state index is 11.6. The molecule has 0 bridgehead atoms. The quantitative estimate of drug-likeness (QED) is 0.890. The van der Waals surface area contributed by atoms with Crippen LogP contribution in [0.15, 0.2) is 18.2 Å². The van der Waals surface area contributed by atoms with Crippen molar-refractivity contribution in [1.82, 2.24) is 5.32 Å². The number of benzene rings is 1. The van der Waals surface area contributed by atoms with E-state index in [2.05, 4.69) is 11.4 Å². The Kier molecular flexibility index (Phi) is 4.73. The summed E-state index contributed by atoms with van der Waals surface area (Å²) in [6, 6.07) is 5.96. The van der Waals surface area contributed by atoms with E-state index in [0.717, 1.165) is 24.3 Å². The Morgan fingerprint density at radius 2 is 2.24 bits per heavy atom. The molecular formula is C16H24N2O3. The Morgan fingerprint density at radius 1 is 1.48 bits per heavy atom. The van der Waals surface area contributed by atoms with Gasteiger partial charge in [-0.05, 0) is 38.3 Å². The molecule has 5 heteroatoms. The van der Waals surface area contributed by atoms with Gasteiger partial charge < -0.3 is 20.5 Å². The third kappa shape index (κ3) is 4.63. The van der Waals surface area contributed by atoms with Gasteiger partial charge in [0.05, 0.1) is 6.61 Å². The number of nitrogens with two attached hydrogens (primary N) is 1. The molecule has 1 aliphatic rings. The minimum atomic E-state index is -0.498. The monoisotopic (exact) mass is 292 g/mol. The Bertz CT molecular complexity index is 509. The van der Waals surface area contributed by atoms with E-state index in [4.69, 9.17) is 15.2 Å². The Balaban J connectivity index is 1.84. The van der Waals surface area contributed by atoms with Crippen LogP contribution in [0.3, 0.4) is 0 Å². The summed E-state index contributed by atoms with van der Waals surface area (Å²) in [6.07, 6.45) is 1.18. The van der Waals surface area contributed by atoms with E-state index in [-0.39, 0.29) is 6.04 Å². The van der Waals surface area contributed by atoms with Gasteiger partial charge in [0.2, 0.25) is 0 Å². The van der Waals surface area contributed by atoms with Crippen molar-refractivity contribution >= 4 is 6.09 Å². The lowest BCUT2D eigenvalue weighted by Crippen LogP contribution is -2.41. The summed E-state index contributed by atoms with van der Waals surface area (Å²) < 4.78 is 10.8. The fraction of sp³-hybridized carbons (Fsp3) is 0.562. The fourth-order valence-corrected chi connectivity index (χ4v) is 2.33. The zero-order valence-corrected chi connectivity index (χ0v) is 12.9. The molecule has 0 radical (unpaired) electrons. The average Bonchev–Trinajstić information content (AvgIpc) is 2.84. The molecule has 5 nitrogen and oxygen atoms in total. The van der Waals surface area contributed by atoms with Crippen molar-refractivity contribution in [3.8, 4) is 5.75 Å². The van der Waals surface area contributed by atoms with E-state index < -0.39 is 11.7 Å². The smallest absolute Gasteiger partial charge is 0.407 e. The molecule has 1 unspecified atom stereocenters. The van der Waals surface area contributed by atoms with Gasteiger partial charge in [-0.2, -0.15) is 0 Å². The van der Waals surface area contributed by atoms with Crippen molar-refractivity contribution < 1.29 is 14.3 Å². The number of ether oxygens (including phenoxy) is 2. The van der Waals surface area contributed by atoms with Gasteiger partial charge in [0, 0.05) is 19.0 Å². The predicted octanol–water partition coefficient (Wildman–Crippen LogP) is 2.02. The average molecular weight is 292 g/mol. The molecule has 0 aliphatic carbocycles. The molecule has 3 N–H and O–H groups in total. The van der Waals surface area contributed by atoms with Gasteiger partial charge in [0.1, 0.15) is 11.4 Å². The van der Waals surface area contributed by atoms with Gasteiger partial charge in [-0.3, -0.25) is 0 Å². The first-order valence-corrected chi connectivity index (χ1v) is 7.31. The summed E-state index contributed by atoms with van der Waals surface area (Å²) in [5.74, 6) is 0.963. The topological polar surface area (TPSA) is 73.6 Å².